The molecule has 5 nitrogen and oxygen atoms in total. The summed E-state index contributed by atoms with van der Waals surface area (Å²) in [6, 6.07) is 0.323. The normalized spacial score (nSPS) is 10.0. The minimum absolute atomic E-state index is 0.0116. The first-order chi connectivity index (χ1) is 7.58. The van der Waals surface area contributed by atoms with E-state index in [2.05, 4.69) is 15.3 Å². The van der Waals surface area contributed by atoms with E-state index in [4.69, 9.17) is 4.74 Å². The van der Waals surface area contributed by atoms with E-state index in [-0.39, 0.29) is 5.91 Å². The van der Waals surface area contributed by atoms with Crippen molar-refractivity contribution in [1.82, 2.24) is 9.97 Å². The zero-order chi connectivity index (χ0) is 12.1. The lowest BCUT2D eigenvalue weighted by Crippen LogP contribution is -2.14. The number of hydrogen-bond donors (Lipinski definition) is 1. The molecule has 1 amide bonds. The van der Waals surface area contributed by atoms with Crippen LogP contribution in [0.2, 0.25) is 0 Å². The number of amides is 1. The second-order valence-corrected chi connectivity index (χ2v) is 3.55. The molecule has 0 fully saturated rings. The third-order valence-electron chi connectivity index (χ3n) is 2.17. The molecule has 0 aliphatic rings. The molecule has 1 aromatic heterocycles. The number of aryl methyl sites for hydroxylation is 2. The summed E-state index contributed by atoms with van der Waals surface area (Å²) in [4.78, 5) is 19.7. The van der Waals surface area contributed by atoms with Crippen molar-refractivity contribution in [1.29, 1.82) is 0 Å². The minimum Gasteiger partial charge on any atom is -0.467 e. The molecule has 1 N–H and O–H groups in total. The van der Waals surface area contributed by atoms with Gasteiger partial charge < -0.3 is 10.1 Å². The molecule has 0 unspecified atom stereocenters. The van der Waals surface area contributed by atoms with Crippen molar-refractivity contribution in [2.75, 3.05) is 12.4 Å². The molecule has 0 aromatic carbocycles. The van der Waals surface area contributed by atoms with E-state index in [0.29, 0.717) is 29.5 Å². The van der Waals surface area contributed by atoms with Gasteiger partial charge in [-0.15, -0.1) is 0 Å². The molecule has 0 spiro atoms. The molecule has 0 saturated heterocycles. The van der Waals surface area contributed by atoms with Gasteiger partial charge in [-0.25, -0.2) is 0 Å². The summed E-state index contributed by atoms with van der Waals surface area (Å²) in [5.74, 6) is -0.0116. The van der Waals surface area contributed by atoms with E-state index in [0.717, 1.165) is 6.42 Å². The van der Waals surface area contributed by atoms with Crippen LogP contribution in [0.5, 0.6) is 6.01 Å². The molecule has 88 valence electrons. The smallest absolute Gasteiger partial charge is 0.316 e. The largest absolute Gasteiger partial charge is 0.467 e. The molecule has 0 radical (unpaired) electrons. The fourth-order valence-corrected chi connectivity index (χ4v) is 1.39. The van der Waals surface area contributed by atoms with Crippen LogP contribution in [0.3, 0.4) is 0 Å². The van der Waals surface area contributed by atoms with E-state index in [9.17, 15) is 4.79 Å². The summed E-state index contributed by atoms with van der Waals surface area (Å²) < 4.78 is 4.95. The van der Waals surface area contributed by atoms with Crippen LogP contribution in [-0.4, -0.2) is 23.0 Å². The maximum absolute atomic E-state index is 11.5. The van der Waals surface area contributed by atoms with Gasteiger partial charge in [-0.3, -0.25) is 4.79 Å². The fraction of sp³-hybridized carbons (Fsp3) is 0.545. The number of anilines is 1. The number of carbonyl (C=O) groups excluding carboxylic acids is 1. The summed E-state index contributed by atoms with van der Waals surface area (Å²) in [5, 5.41) is 2.81. The van der Waals surface area contributed by atoms with Crippen molar-refractivity contribution in [3.8, 4) is 6.01 Å². The standard InChI is InChI=1S/C11H17N3O2/c1-5-6-9(15)14-10-7(2)12-11(16-4)13-8(10)3/h5-6H2,1-4H3,(H,14,15). The first-order valence-corrected chi connectivity index (χ1v) is 5.27. The number of carbonyl (C=O) groups is 1. The van der Waals surface area contributed by atoms with E-state index >= 15 is 0 Å². The first-order valence-electron chi connectivity index (χ1n) is 5.27. The van der Waals surface area contributed by atoms with Gasteiger partial charge in [-0.1, -0.05) is 6.92 Å². The summed E-state index contributed by atoms with van der Waals surface area (Å²) in [6.45, 7) is 5.60. The van der Waals surface area contributed by atoms with Gasteiger partial charge in [-0.2, -0.15) is 9.97 Å². The molecule has 1 rings (SSSR count). The topological polar surface area (TPSA) is 64.1 Å². The van der Waals surface area contributed by atoms with E-state index in [1.54, 1.807) is 0 Å². The average molecular weight is 223 g/mol. The van der Waals surface area contributed by atoms with Crippen molar-refractivity contribution < 1.29 is 9.53 Å². The molecule has 0 bridgehead atoms. The molecule has 1 aromatic rings. The van der Waals surface area contributed by atoms with Crippen LogP contribution in [0.25, 0.3) is 0 Å². The number of methoxy groups -OCH3 is 1. The lowest BCUT2D eigenvalue weighted by atomic mass is 10.2. The molecule has 5 heteroatoms. The Morgan fingerprint density at radius 2 is 1.88 bits per heavy atom. The zero-order valence-electron chi connectivity index (χ0n) is 10.1. The monoisotopic (exact) mass is 223 g/mol. The van der Waals surface area contributed by atoms with E-state index in [1.165, 1.54) is 7.11 Å². The fourth-order valence-electron chi connectivity index (χ4n) is 1.39. The van der Waals surface area contributed by atoms with E-state index in [1.807, 2.05) is 20.8 Å². The first kappa shape index (κ1) is 12.4. The lowest BCUT2D eigenvalue weighted by molar-refractivity contribution is -0.116. The quantitative estimate of drug-likeness (QED) is 0.846. The van der Waals surface area contributed by atoms with Crippen molar-refractivity contribution in [3.63, 3.8) is 0 Å². The second kappa shape index (κ2) is 5.44. The molecule has 16 heavy (non-hydrogen) atoms. The van der Waals surface area contributed by atoms with Crippen LogP contribution in [0.15, 0.2) is 0 Å². The van der Waals surface area contributed by atoms with Crippen LogP contribution in [0.4, 0.5) is 5.69 Å². The number of nitrogens with one attached hydrogen (secondary N) is 1. The average Bonchev–Trinajstić information content (AvgIpc) is 2.23. The molecule has 0 aliphatic carbocycles. The Hall–Kier alpha value is -1.65. The van der Waals surface area contributed by atoms with Gasteiger partial charge in [0.15, 0.2) is 0 Å². The van der Waals surface area contributed by atoms with Gasteiger partial charge in [0.1, 0.15) is 0 Å². The third-order valence-corrected chi connectivity index (χ3v) is 2.17. The molecule has 0 aliphatic heterocycles. The SMILES string of the molecule is CCCC(=O)Nc1c(C)nc(OC)nc1C. The van der Waals surface area contributed by atoms with Crippen molar-refractivity contribution in [2.24, 2.45) is 0 Å². The van der Waals surface area contributed by atoms with Gasteiger partial charge in [0.05, 0.1) is 24.2 Å². The molecule has 1 heterocycles. The highest BCUT2D eigenvalue weighted by Crippen LogP contribution is 2.19. The summed E-state index contributed by atoms with van der Waals surface area (Å²) >= 11 is 0. The highest BCUT2D eigenvalue weighted by atomic mass is 16.5. The number of ether oxygens (including phenoxy) is 1. The van der Waals surface area contributed by atoms with Gasteiger partial charge >= 0.3 is 6.01 Å². The van der Waals surface area contributed by atoms with Crippen LogP contribution >= 0.6 is 0 Å². The van der Waals surface area contributed by atoms with Gasteiger partial charge in [0.2, 0.25) is 5.91 Å². The van der Waals surface area contributed by atoms with Crippen molar-refractivity contribution >= 4 is 11.6 Å². The molecule has 0 atom stereocenters. The van der Waals surface area contributed by atoms with E-state index < -0.39 is 0 Å². The Morgan fingerprint density at radius 3 is 2.31 bits per heavy atom. The summed E-state index contributed by atoms with van der Waals surface area (Å²) in [7, 11) is 1.52. The third kappa shape index (κ3) is 2.92. The Kier molecular flexibility index (Phi) is 4.22. The number of hydrogen-bond acceptors (Lipinski definition) is 4. The van der Waals surface area contributed by atoms with Gasteiger partial charge in [0.25, 0.3) is 0 Å². The predicted octanol–water partition coefficient (Wildman–Crippen LogP) is 1.84. The minimum atomic E-state index is -0.0116. The number of aromatic nitrogens is 2. The predicted molar refractivity (Wildman–Crippen MR) is 61.6 cm³/mol. The van der Waals surface area contributed by atoms with Crippen LogP contribution in [0.1, 0.15) is 31.2 Å². The van der Waals surface area contributed by atoms with Crippen molar-refractivity contribution in [3.05, 3.63) is 11.4 Å². The van der Waals surface area contributed by atoms with Crippen LogP contribution < -0.4 is 10.1 Å². The molecular formula is C11H17N3O2. The Morgan fingerprint density at radius 1 is 1.31 bits per heavy atom. The zero-order valence-corrected chi connectivity index (χ0v) is 10.1. The maximum atomic E-state index is 11.5. The Balaban J connectivity index is 2.92. The maximum Gasteiger partial charge on any atom is 0.316 e. The highest BCUT2D eigenvalue weighted by molar-refractivity contribution is 5.91. The van der Waals surface area contributed by atoms with Gasteiger partial charge in [0, 0.05) is 6.42 Å². The second-order valence-electron chi connectivity index (χ2n) is 3.55. The summed E-state index contributed by atoms with van der Waals surface area (Å²) in [6.07, 6.45) is 1.33. The number of rotatable bonds is 4. The van der Waals surface area contributed by atoms with Crippen LogP contribution in [0, 0.1) is 13.8 Å². The summed E-state index contributed by atoms with van der Waals surface area (Å²) in [5.41, 5.74) is 2.11. The Labute approximate surface area is 95.3 Å². The molecule has 0 saturated carbocycles. The lowest BCUT2D eigenvalue weighted by Gasteiger charge is -2.10. The number of nitrogens with zero attached hydrogens (tertiary/aromatic N) is 2. The van der Waals surface area contributed by atoms with Crippen molar-refractivity contribution in [2.45, 2.75) is 33.6 Å². The van der Waals surface area contributed by atoms with Crippen LogP contribution in [-0.2, 0) is 4.79 Å². The molecular weight excluding hydrogens is 206 g/mol. The Bertz CT molecular complexity index is 368. The van der Waals surface area contributed by atoms with Gasteiger partial charge in [-0.05, 0) is 20.3 Å². The highest BCUT2D eigenvalue weighted by Gasteiger charge is 2.11.